The summed E-state index contributed by atoms with van der Waals surface area (Å²) < 4.78 is 36.4. The fourth-order valence-corrected chi connectivity index (χ4v) is 2.81. The summed E-state index contributed by atoms with van der Waals surface area (Å²) in [5, 5.41) is 15.4. The Bertz CT molecular complexity index is 908. The number of esters is 3. The van der Waals surface area contributed by atoms with Crippen LogP contribution in [0.4, 0.5) is 13.9 Å². The zero-order valence-corrected chi connectivity index (χ0v) is 26.3. The average Bonchev–Trinajstić information content (AvgIpc) is 3.00. The molecule has 0 spiro atoms. The third-order valence-corrected chi connectivity index (χ3v) is 5.55. The molecule has 0 saturated heterocycles. The van der Waals surface area contributed by atoms with Gasteiger partial charge in [0.2, 0.25) is 12.0 Å². The molecule has 0 aromatic carbocycles. The Morgan fingerprint density at radius 3 is 1.42 bits per heavy atom. The molecule has 0 aromatic heterocycles. The molecule has 0 heterocycles. The van der Waals surface area contributed by atoms with Gasteiger partial charge in [-0.15, -0.1) is 0 Å². The van der Waals surface area contributed by atoms with Gasteiger partial charge in [-0.1, -0.05) is 61.4 Å². The van der Waals surface area contributed by atoms with Crippen molar-refractivity contribution in [2.45, 2.75) is 57.2 Å². The molecule has 0 bridgehead atoms. The van der Waals surface area contributed by atoms with Crippen LogP contribution in [-0.4, -0.2) is 71.7 Å². The van der Waals surface area contributed by atoms with Crippen molar-refractivity contribution in [1.29, 1.82) is 0 Å². The summed E-state index contributed by atoms with van der Waals surface area (Å²) >= 11 is 0. The van der Waals surface area contributed by atoms with Crippen LogP contribution >= 0.6 is 17.7 Å². The summed E-state index contributed by atoms with van der Waals surface area (Å²) in [5.41, 5.74) is -2.49. The summed E-state index contributed by atoms with van der Waals surface area (Å²) in [6.07, 6.45) is 4.20. The first-order valence-electron chi connectivity index (χ1n) is 12.1. The molecule has 0 aliphatic rings. The number of ether oxygens (including phenoxy) is 3. The second-order valence-electron chi connectivity index (χ2n) is 7.79. The summed E-state index contributed by atoms with van der Waals surface area (Å²) in [4.78, 5) is 59.1. The highest BCUT2D eigenvalue weighted by Crippen LogP contribution is 2.16. The number of hydrogen-bond donors (Lipinski definition) is 3. The minimum absolute atomic E-state index is 0. The van der Waals surface area contributed by atoms with Gasteiger partial charge in [-0.2, -0.15) is 4.89 Å². The zero-order chi connectivity index (χ0) is 33.2. The number of alkyl halides is 1. The third-order valence-electron chi connectivity index (χ3n) is 5.17. The second kappa shape index (κ2) is 27.4. The van der Waals surface area contributed by atoms with E-state index >= 15 is 0 Å². The van der Waals surface area contributed by atoms with Crippen LogP contribution in [0.2, 0.25) is 0 Å². The van der Waals surface area contributed by atoms with Gasteiger partial charge in [-0.25, -0.2) is 24.0 Å². The molecule has 246 valence electrons. The lowest BCUT2D eigenvalue weighted by Gasteiger charge is -2.31. The van der Waals surface area contributed by atoms with Gasteiger partial charge < -0.3 is 24.8 Å². The number of halogens is 2. The van der Waals surface area contributed by atoms with Crippen LogP contribution in [0.1, 0.15) is 40.0 Å². The van der Waals surface area contributed by atoms with E-state index in [4.69, 9.17) is 19.5 Å². The molecule has 2 atom stereocenters. The number of carbonyl (C=O) groups is 5. The molecule has 2 amide bonds. The van der Waals surface area contributed by atoms with Gasteiger partial charge in [-0.05, 0) is 25.3 Å². The standard InChI is InChI=1S/C12H16NO6P.C12H19NO3.CH4FO3P.FH/c1-4-9(14)18-7-12(6-3,13-11(16)20-17)8-19-10(15)5-2;1-5-10(14)13-12(7-3,8-4)9-16-11(15)6-2;2-1(6)4-5-3;/h4-5H,1-2,6-8H2,3H3,(H,13,16);5-6H,1-2,7-9H2,3-4H3,(H,13,14);1,3H,6H2;1H. The molecule has 0 aliphatic carbocycles. The van der Waals surface area contributed by atoms with Crippen molar-refractivity contribution in [1.82, 2.24) is 10.6 Å². The van der Waals surface area contributed by atoms with E-state index in [0.29, 0.717) is 12.8 Å². The van der Waals surface area contributed by atoms with E-state index in [1.165, 1.54) is 6.08 Å². The fourth-order valence-electron chi connectivity index (χ4n) is 2.48. The molecular weight excluding hydrogens is 620 g/mol. The fraction of sp³-hybridized carbons (Fsp3) is 0.480. The van der Waals surface area contributed by atoms with Crippen molar-refractivity contribution in [3.8, 4) is 0 Å². The Morgan fingerprint density at radius 1 is 0.814 bits per heavy atom. The number of amides is 2. The Morgan fingerprint density at radius 2 is 1.19 bits per heavy atom. The second-order valence-corrected chi connectivity index (χ2v) is 8.91. The molecule has 14 nitrogen and oxygen atoms in total. The van der Waals surface area contributed by atoms with Crippen LogP contribution < -0.4 is 10.6 Å². The molecule has 18 heteroatoms. The van der Waals surface area contributed by atoms with Crippen LogP contribution in [0.15, 0.2) is 50.6 Å². The molecular formula is C25H40F2N2O12P2. The van der Waals surface area contributed by atoms with Crippen molar-refractivity contribution in [2.24, 2.45) is 0 Å². The largest absolute Gasteiger partial charge is 0.460 e. The molecule has 2 unspecified atom stereocenters. The van der Waals surface area contributed by atoms with Gasteiger partial charge in [0.15, 0.2) is 0 Å². The highest BCUT2D eigenvalue weighted by Gasteiger charge is 2.34. The Balaban J connectivity index is -0.000000296. The van der Waals surface area contributed by atoms with Gasteiger partial charge in [0.25, 0.3) is 8.46 Å². The summed E-state index contributed by atoms with van der Waals surface area (Å²) in [6, 6.07) is 0. The van der Waals surface area contributed by atoms with Crippen LogP contribution in [-0.2, 0) is 47.9 Å². The molecule has 0 aliphatic heterocycles. The smallest absolute Gasteiger partial charge is 0.330 e. The van der Waals surface area contributed by atoms with Crippen LogP contribution in [0, 0.1) is 0 Å². The van der Waals surface area contributed by atoms with Crippen molar-refractivity contribution in [3.05, 3.63) is 50.6 Å². The lowest BCUT2D eigenvalue weighted by molar-refractivity contribution is -0.506. The van der Waals surface area contributed by atoms with E-state index in [-0.39, 0.29) is 36.9 Å². The summed E-state index contributed by atoms with van der Waals surface area (Å²) in [5.74, 6) is -2.13. The van der Waals surface area contributed by atoms with E-state index in [0.717, 1.165) is 18.2 Å². The molecule has 0 saturated carbocycles. The molecule has 43 heavy (non-hydrogen) atoms. The SMILES string of the molecule is C=CC(=O)NC(CC)(CC)COC(=O)C=C.C=CC(=O)OCC(CC)(COC(=O)C=C)NC(=O)P=O.F.OOOC(F)P. The number of carbonyl (C=O) groups excluding carboxylic acids is 5. The highest BCUT2D eigenvalue weighted by molar-refractivity contribution is 7.45. The normalized spacial score (nSPS) is 10.7. The molecule has 3 N–H and O–H groups in total. The monoisotopic (exact) mass is 660 g/mol. The van der Waals surface area contributed by atoms with Gasteiger partial charge >= 0.3 is 23.6 Å². The van der Waals surface area contributed by atoms with E-state index in [9.17, 15) is 32.9 Å². The first-order chi connectivity index (χ1) is 19.7. The highest BCUT2D eigenvalue weighted by atomic mass is 31.1. The maximum atomic E-state index is 11.3. The first kappa shape index (κ1) is 46.5. The average molecular weight is 661 g/mol. The van der Waals surface area contributed by atoms with Crippen LogP contribution in [0.5, 0.6) is 0 Å². The summed E-state index contributed by atoms with van der Waals surface area (Å²) in [6.45, 7) is 18.4. The molecule has 0 rings (SSSR count). The lowest BCUT2D eigenvalue weighted by Crippen LogP contribution is -2.54. The van der Waals surface area contributed by atoms with Crippen LogP contribution in [0.25, 0.3) is 0 Å². The first-order valence-corrected chi connectivity index (χ1v) is 13.6. The molecule has 0 fully saturated rings. The minimum atomic E-state index is -1.66. The topological polar surface area (TPSA) is 193 Å². The maximum Gasteiger partial charge on any atom is 0.330 e. The minimum Gasteiger partial charge on any atom is -0.460 e. The summed E-state index contributed by atoms with van der Waals surface area (Å²) in [7, 11) is 0.860. The van der Waals surface area contributed by atoms with E-state index in [1.807, 2.05) is 13.8 Å². The van der Waals surface area contributed by atoms with Gasteiger partial charge in [0.1, 0.15) is 25.4 Å². The van der Waals surface area contributed by atoms with Crippen molar-refractivity contribution in [3.63, 3.8) is 0 Å². The Kier molecular flexibility index (Phi) is 29.7. The maximum absolute atomic E-state index is 11.3. The zero-order valence-electron chi connectivity index (χ0n) is 24.2. The van der Waals surface area contributed by atoms with Crippen molar-refractivity contribution in [2.75, 3.05) is 19.8 Å². The Labute approximate surface area is 252 Å². The lowest BCUT2D eigenvalue weighted by atomic mass is 9.93. The van der Waals surface area contributed by atoms with E-state index < -0.39 is 49.2 Å². The van der Waals surface area contributed by atoms with Gasteiger partial charge in [-0.3, -0.25) is 18.9 Å². The predicted octanol–water partition coefficient (Wildman–Crippen LogP) is 3.86. The van der Waals surface area contributed by atoms with E-state index in [1.54, 1.807) is 16.2 Å². The quantitative estimate of drug-likeness (QED) is 0.0481. The van der Waals surface area contributed by atoms with E-state index in [2.05, 4.69) is 46.9 Å². The van der Waals surface area contributed by atoms with Gasteiger partial charge in [0, 0.05) is 18.2 Å². The van der Waals surface area contributed by atoms with Crippen molar-refractivity contribution < 1.29 is 67.0 Å². The molecule has 0 radical (unpaired) electrons. The van der Waals surface area contributed by atoms with Crippen molar-refractivity contribution >= 4 is 47.2 Å². The Hall–Kier alpha value is -3.42. The number of nitrogens with one attached hydrogen (secondary N) is 2. The number of rotatable bonds is 18. The number of hydrogen-bond acceptors (Lipinski definition) is 12. The molecule has 0 aromatic rings. The van der Waals surface area contributed by atoms with Crippen LogP contribution in [0.3, 0.4) is 0 Å². The van der Waals surface area contributed by atoms with Gasteiger partial charge in [0.05, 0.1) is 5.54 Å². The predicted molar refractivity (Wildman–Crippen MR) is 156 cm³/mol. The third kappa shape index (κ3) is 23.8.